The van der Waals surface area contributed by atoms with Crippen LogP contribution in [0.25, 0.3) is 0 Å². The van der Waals surface area contributed by atoms with Crippen molar-refractivity contribution in [3.63, 3.8) is 0 Å². The molecule has 2 nitrogen and oxygen atoms in total. The van der Waals surface area contributed by atoms with Gasteiger partial charge in [-0.2, -0.15) is 0 Å². The Hall–Kier alpha value is -1.83. The van der Waals surface area contributed by atoms with Crippen LogP contribution in [0.4, 0.5) is 4.39 Å². The van der Waals surface area contributed by atoms with Gasteiger partial charge in [-0.15, -0.1) is 11.8 Å². The van der Waals surface area contributed by atoms with Crippen LogP contribution < -0.4 is 5.73 Å². The van der Waals surface area contributed by atoms with Crippen LogP contribution in [-0.4, -0.2) is 11.5 Å². The third kappa shape index (κ3) is 4.09. The van der Waals surface area contributed by atoms with Crippen molar-refractivity contribution in [3.8, 4) is 11.8 Å². The fourth-order valence-electron chi connectivity index (χ4n) is 1.49. The average Bonchev–Trinajstić information content (AvgIpc) is 2.45. The molecule has 1 heterocycles. The number of aromatic nitrogens is 1. The minimum Gasteiger partial charge on any atom is -0.320 e. The highest BCUT2D eigenvalue weighted by molar-refractivity contribution is 7.98. The molecular weight excluding hydrogens is 259 g/mol. The van der Waals surface area contributed by atoms with Gasteiger partial charge in [0.2, 0.25) is 0 Å². The third-order valence-corrected chi connectivity index (χ3v) is 3.49. The summed E-state index contributed by atoms with van der Waals surface area (Å²) in [5.41, 5.74) is 6.60. The summed E-state index contributed by atoms with van der Waals surface area (Å²) in [6.07, 6.45) is 3.45. The molecule has 0 aliphatic rings. The average molecular weight is 272 g/mol. The Morgan fingerprint density at radius 2 is 2.00 bits per heavy atom. The van der Waals surface area contributed by atoms with E-state index in [9.17, 15) is 4.39 Å². The highest BCUT2D eigenvalue weighted by atomic mass is 32.2. The molecule has 96 valence electrons. The molecule has 19 heavy (non-hydrogen) atoms. The van der Waals surface area contributed by atoms with Crippen molar-refractivity contribution < 1.29 is 4.39 Å². The lowest BCUT2D eigenvalue weighted by molar-refractivity contribution is 0.617. The second kappa shape index (κ2) is 6.93. The molecule has 0 amide bonds. The summed E-state index contributed by atoms with van der Waals surface area (Å²) in [4.78, 5) is 5.02. The molecule has 0 aliphatic carbocycles. The van der Waals surface area contributed by atoms with E-state index in [2.05, 4.69) is 16.8 Å². The van der Waals surface area contributed by atoms with Gasteiger partial charge in [-0.1, -0.05) is 17.9 Å². The van der Waals surface area contributed by atoms with Crippen LogP contribution in [0.15, 0.2) is 47.6 Å². The second-order valence-corrected chi connectivity index (χ2v) is 4.83. The Balaban J connectivity index is 2.05. The van der Waals surface area contributed by atoms with Gasteiger partial charge in [0.25, 0.3) is 0 Å². The molecule has 4 heteroatoms. The number of thioether (sulfide) groups is 1. The monoisotopic (exact) mass is 272 g/mol. The highest BCUT2D eigenvalue weighted by Gasteiger charge is 2.03. The fraction of sp³-hybridized carbons (Fsp3) is 0.133. The van der Waals surface area contributed by atoms with E-state index in [1.54, 1.807) is 30.2 Å². The first kappa shape index (κ1) is 13.6. The zero-order valence-corrected chi connectivity index (χ0v) is 11.1. The minimum absolute atomic E-state index is 0.231. The lowest BCUT2D eigenvalue weighted by Gasteiger charge is -2.03. The molecule has 1 aromatic carbocycles. The topological polar surface area (TPSA) is 38.9 Å². The van der Waals surface area contributed by atoms with Crippen LogP contribution in [0.3, 0.4) is 0 Å². The number of nitrogens with zero attached hydrogens (tertiary/aromatic N) is 1. The summed E-state index contributed by atoms with van der Waals surface area (Å²) < 4.78 is 13.9. The second-order valence-electron chi connectivity index (χ2n) is 3.78. The first-order valence-corrected chi connectivity index (χ1v) is 6.78. The Morgan fingerprint density at radius 1 is 1.21 bits per heavy atom. The molecule has 0 saturated carbocycles. The normalized spacial score (nSPS) is 9.79. The highest BCUT2D eigenvalue weighted by Crippen LogP contribution is 2.23. The zero-order valence-electron chi connectivity index (χ0n) is 10.3. The van der Waals surface area contributed by atoms with Crippen molar-refractivity contribution in [3.05, 3.63) is 59.7 Å². The van der Waals surface area contributed by atoms with E-state index in [0.717, 1.165) is 4.90 Å². The summed E-state index contributed by atoms with van der Waals surface area (Å²) in [6.45, 7) is 0.279. The Labute approximate surface area is 116 Å². The van der Waals surface area contributed by atoms with E-state index in [-0.39, 0.29) is 12.4 Å². The maximum Gasteiger partial charge on any atom is 0.128 e. The molecular formula is C15H13FN2S. The molecule has 0 fully saturated rings. The van der Waals surface area contributed by atoms with E-state index in [1.165, 1.54) is 6.07 Å². The van der Waals surface area contributed by atoms with Crippen molar-refractivity contribution in [1.82, 2.24) is 4.98 Å². The Kier molecular flexibility index (Phi) is 4.96. The standard InChI is InChI=1S/C15H13FN2S/c16-15-10-12(2-1-7-17)3-4-13(15)11-19-14-5-8-18-9-6-14/h3-6,8-10H,7,11,17H2. The molecule has 0 bridgehead atoms. The first-order valence-electron chi connectivity index (χ1n) is 5.80. The number of hydrogen-bond acceptors (Lipinski definition) is 3. The maximum absolute atomic E-state index is 13.9. The molecule has 0 aliphatic heterocycles. The Morgan fingerprint density at radius 3 is 2.68 bits per heavy atom. The molecule has 0 spiro atoms. The van der Waals surface area contributed by atoms with Crippen LogP contribution >= 0.6 is 11.8 Å². The molecule has 2 aromatic rings. The lowest BCUT2D eigenvalue weighted by atomic mass is 10.1. The molecule has 2 N–H and O–H groups in total. The molecule has 0 atom stereocenters. The summed E-state index contributed by atoms with van der Waals surface area (Å²) in [6, 6.07) is 8.84. The SMILES string of the molecule is NCC#Cc1ccc(CSc2ccncc2)c(F)c1. The van der Waals surface area contributed by atoms with Crippen LogP contribution in [0.5, 0.6) is 0 Å². The van der Waals surface area contributed by atoms with Crippen molar-refractivity contribution in [2.75, 3.05) is 6.54 Å². The van der Waals surface area contributed by atoms with Gasteiger partial charge in [-0.05, 0) is 29.8 Å². The van der Waals surface area contributed by atoms with E-state index in [4.69, 9.17) is 5.73 Å². The summed E-state index contributed by atoms with van der Waals surface area (Å²) in [5.74, 6) is 5.88. The van der Waals surface area contributed by atoms with Gasteiger partial charge in [0.15, 0.2) is 0 Å². The summed E-state index contributed by atoms with van der Waals surface area (Å²) >= 11 is 1.58. The molecule has 1 aromatic heterocycles. The van der Waals surface area contributed by atoms with Gasteiger partial charge in [0.05, 0.1) is 6.54 Å². The number of benzene rings is 1. The summed E-state index contributed by atoms with van der Waals surface area (Å²) in [5, 5.41) is 0. The zero-order chi connectivity index (χ0) is 13.5. The van der Waals surface area contributed by atoms with Crippen molar-refractivity contribution >= 4 is 11.8 Å². The molecule has 0 radical (unpaired) electrons. The largest absolute Gasteiger partial charge is 0.320 e. The molecule has 0 saturated heterocycles. The number of hydrogen-bond donors (Lipinski definition) is 1. The van der Waals surface area contributed by atoms with Gasteiger partial charge in [-0.3, -0.25) is 4.98 Å². The maximum atomic E-state index is 13.9. The van der Waals surface area contributed by atoms with E-state index in [0.29, 0.717) is 16.9 Å². The van der Waals surface area contributed by atoms with Crippen molar-refractivity contribution in [1.29, 1.82) is 0 Å². The minimum atomic E-state index is -0.231. The third-order valence-electron chi connectivity index (χ3n) is 2.43. The van der Waals surface area contributed by atoms with Gasteiger partial charge in [0, 0.05) is 28.6 Å². The Bertz CT molecular complexity index is 603. The molecule has 0 unspecified atom stereocenters. The van der Waals surface area contributed by atoms with Gasteiger partial charge in [-0.25, -0.2) is 4.39 Å². The smallest absolute Gasteiger partial charge is 0.128 e. The van der Waals surface area contributed by atoms with E-state index >= 15 is 0 Å². The molecule has 2 rings (SSSR count). The predicted octanol–water partition coefficient (Wildman–Crippen LogP) is 2.82. The van der Waals surface area contributed by atoms with Crippen LogP contribution in [-0.2, 0) is 5.75 Å². The summed E-state index contributed by atoms with van der Waals surface area (Å²) in [7, 11) is 0. The van der Waals surface area contributed by atoms with Crippen LogP contribution in [0.2, 0.25) is 0 Å². The van der Waals surface area contributed by atoms with Crippen molar-refractivity contribution in [2.24, 2.45) is 5.73 Å². The quantitative estimate of drug-likeness (QED) is 0.690. The fourth-order valence-corrected chi connectivity index (χ4v) is 2.36. The van der Waals surface area contributed by atoms with Gasteiger partial charge < -0.3 is 5.73 Å². The van der Waals surface area contributed by atoms with E-state index < -0.39 is 0 Å². The first-order chi connectivity index (χ1) is 9.29. The van der Waals surface area contributed by atoms with Crippen LogP contribution in [0, 0.1) is 17.7 Å². The van der Waals surface area contributed by atoms with E-state index in [1.807, 2.05) is 18.2 Å². The van der Waals surface area contributed by atoms with Gasteiger partial charge >= 0.3 is 0 Å². The predicted molar refractivity (Wildman–Crippen MR) is 76.1 cm³/mol. The van der Waals surface area contributed by atoms with Crippen LogP contribution in [0.1, 0.15) is 11.1 Å². The lowest BCUT2D eigenvalue weighted by Crippen LogP contribution is -1.93. The number of nitrogens with two attached hydrogens (primary N) is 1. The number of rotatable bonds is 3. The van der Waals surface area contributed by atoms with Crippen molar-refractivity contribution in [2.45, 2.75) is 10.6 Å². The number of halogens is 1. The number of pyridine rings is 1. The van der Waals surface area contributed by atoms with Gasteiger partial charge in [0.1, 0.15) is 5.82 Å².